The monoisotopic (exact) mass is 357 g/mol. The van der Waals surface area contributed by atoms with Crippen LogP contribution in [-0.2, 0) is 9.53 Å². The fourth-order valence-corrected chi connectivity index (χ4v) is 3.66. The number of ether oxygens (including phenoxy) is 1. The number of rotatable bonds is 1. The van der Waals surface area contributed by atoms with Crippen LogP contribution in [-0.4, -0.2) is 46.6 Å². The van der Waals surface area contributed by atoms with Crippen LogP contribution in [0.4, 0.5) is 4.79 Å². The third kappa shape index (κ3) is 2.81. The first-order valence-electron chi connectivity index (χ1n) is 8.91. The molecule has 7 heteroatoms. The number of hydrogen-bond donors (Lipinski definition) is 1. The fraction of sp³-hybridized carbons (Fsp3) is 0.526. The maximum Gasteiger partial charge on any atom is 0.408 e. The molecule has 3 aliphatic rings. The molecule has 0 aromatic heterocycles. The zero-order chi connectivity index (χ0) is 18.7. The van der Waals surface area contributed by atoms with Gasteiger partial charge < -0.3 is 10.1 Å². The molecular weight excluding hydrogens is 334 g/mol. The molecule has 1 N–H and O–H groups in total. The minimum absolute atomic E-state index is 0.0358. The molecule has 1 atom stereocenters. The Labute approximate surface area is 152 Å². The number of benzene rings is 1. The van der Waals surface area contributed by atoms with Gasteiger partial charge in [0.25, 0.3) is 11.8 Å². The lowest BCUT2D eigenvalue weighted by molar-refractivity contribution is -0.142. The highest BCUT2D eigenvalue weighted by molar-refractivity contribution is 6.02. The van der Waals surface area contributed by atoms with E-state index in [1.807, 2.05) is 0 Å². The second-order valence-corrected chi connectivity index (χ2v) is 8.43. The van der Waals surface area contributed by atoms with Gasteiger partial charge in [0.15, 0.2) is 0 Å². The molecule has 2 heterocycles. The molecule has 7 nitrogen and oxygen atoms in total. The lowest BCUT2D eigenvalue weighted by Gasteiger charge is -2.28. The van der Waals surface area contributed by atoms with Gasteiger partial charge in [0, 0.05) is 11.0 Å². The Kier molecular flexibility index (Phi) is 3.54. The third-order valence-electron chi connectivity index (χ3n) is 5.12. The van der Waals surface area contributed by atoms with Crippen molar-refractivity contribution in [3.63, 3.8) is 0 Å². The zero-order valence-electron chi connectivity index (χ0n) is 15.2. The number of carbonyl (C=O) groups excluding carboxylic acids is 3. The standard InChI is InChI=1S/C19H23N3O4/c1-18(2,3)26-17(25)20-14-12-6-4-5-7-13(12)15(23)21-10-19(8-9-19)11-22(21)16(14)24/h4-7,14H,8-11H2,1-3H3,(H,20,25)/t14-/m1/s1. The number of alkyl carbamates (subject to hydrolysis) is 1. The minimum atomic E-state index is -0.941. The summed E-state index contributed by atoms with van der Waals surface area (Å²) in [6, 6.07) is 6.00. The molecule has 138 valence electrons. The maximum absolute atomic E-state index is 13.2. The van der Waals surface area contributed by atoms with Gasteiger partial charge in [-0.2, -0.15) is 0 Å². The second kappa shape index (κ2) is 5.46. The first kappa shape index (κ1) is 16.9. The average Bonchev–Trinajstić information content (AvgIpc) is 3.21. The van der Waals surface area contributed by atoms with Crippen LogP contribution in [0.1, 0.15) is 55.6 Å². The van der Waals surface area contributed by atoms with Crippen molar-refractivity contribution in [2.24, 2.45) is 5.41 Å². The molecule has 2 fully saturated rings. The van der Waals surface area contributed by atoms with E-state index in [9.17, 15) is 14.4 Å². The molecule has 0 bridgehead atoms. The number of nitrogens with zero attached hydrogens (tertiary/aromatic N) is 2. The summed E-state index contributed by atoms with van der Waals surface area (Å²) in [6.07, 6.45) is 1.37. The van der Waals surface area contributed by atoms with Crippen molar-refractivity contribution in [1.82, 2.24) is 15.3 Å². The zero-order valence-corrected chi connectivity index (χ0v) is 15.2. The highest BCUT2D eigenvalue weighted by Gasteiger charge is 2.56. The third-order valence-corrected chi connectivity index (χ3v) is 5.12. The van der Waals surface area contributed by atoms with E-state index in [4.69, 9.17) is 4.74 Å². The summed E-state index contributed by atoms with van der Waals surface area (Å²) in [7, 11) is 0. The van der Waals surface area contributed by atoms with E-state index in [1.54, 1.807) is 50.0 Å². The van der Waals surface area contributed by atoms with Crippen LogP contribution in [0.2, 0.25) is 0 Å². The van der Waals surface area contributed by atoms with Gasteiger partial charge in [0.05, 0.1) is 13.1 Å². The lowest BCUT2D eigenvalue weighted by atomic mass is 9.98. The Morgan fingerprint density at radius 2 is 1.81 bits per heavy atom. The van der Waals surface area contributed by atoms with Crippen LogP contribution in [0.25, 0.3) is 0 Å². The summed E-state index contributed by atoms with van der Waals surface area (Å²) < 4.78 is 5.32. The highest BCUT2D eigenvalue weighted by atomic mass is 16.6. The van der Waals surface area contributed by atoms with Crippen molar-refractivity contribution in [3.8, 4) is 0 Å². The van der Waals surface area contributed by atoms with E-state index in [0.29, 0.717) is 24.2 Å². The number of amides is 3. The van der Waals surface area contributed by atoms with E-state index in [1.165, 1.54) is 5.01 Å². The molecule has 0 radical (unpaired) electrons. The first-order valence-corrected chi connectivity index (χ1v) is 8.91. The lowest BCUT2D eigenvalue weighted by Crippen LogP contribution is -2.47. The van der Waals surface area contributed by atoms with Gasteiger partial charge >= 0.3 is 6.09 Å². The first-order chi connectivity index (χ1) is 12.2. The molecule has 26 heavy (non-hydrogen) atoms. The molecule has 1 aromatic carbocycles. The molecule has 1 aromatic rings. The molecule has 1 saturated carbocycles. The van der Waals surface area contributed by atoms with Crippen LogP contribution >= 0.6 is 0 Å². The van der Waals surface area contributed by atoms with Crippen LogP contribution < -0.4 is 5.32 Å². The molecule has 1 spiro atoms. The highest BCUT2D eigenvalue weighted by Crippen LogP contribution is 2.52. The summed E-state index contributed by atoms with van der Waals surface area (Å²) >= 11 is 0. The van der Waals surface area contributed by atoms with Gasteiger partial charge in [-0.05, 0) is 45.2 Å². The Hall–Kier alpha value is -2.57. The van der Waals surface area contributed by atoms with Crippen LogP contribution in [0.3, 0.4) is 0 Å². The molecule has 2 aliphatic heterocycles. The average molecular weight is 357 g/mol. The van der Waals surface area contributed by atoms with E-state index in [0.717, 1.165) is 12.8 Å². The topological polar surface area (TPSA) is 79.0 Å². The molecule has 1 aliphatic carbocycles. The number of nitrogens with one attached hydrogen (secondary N) is 1. The van der Waals surface area contributed by atoms with Gasteiger partial charge in [0.1, 0.15) is 11.6 Å². The van der Waals surface area contributed by atoms with Crippen molar-refractivity contribution in [3.05, 3.63) is 35.4 Å². The fourth-order valence-electron chi connectivity index (χ4n) is 3.66. The van der Waals surface area contributed by atoms with E-state index in [-0.39, 0.29) is 17.2 Å². The Balaban J connectivity index is 1.70. The van der Waals surface area contributed by atoms with Crippen molar-refractivity contribution >= 4 is 17.9 Å². The number of fused-ring (bicyclic) bond motifs is 2. The summed E-state index contributed by atoms with van der Waals surface area (Å²) in [5.74, 6) is -0.482. The predicted molar refractivity (Wildman–Crippen MR) is 93.0 cm³/mol. The van der Waals surface area contributed by atoms with Crippen molar-refractivity contribution in [2.45, 2.75) is 45.3 Å². The molecule has 1 saturated heterocycles. The summed E-state index contributed by atoms with van der Waals surface area (Å²) in [5, 5.41) is 5.73. The summed E-state index contributed by atoms with van der Waals surface area (Å²) in [4.78, 5) is 38.5. The second-order valence-electron chi connectivity index (χ2n) is 8.43. The number of hydrogen-bond acceptors (Lipinski definition) is 4. The quantitative estimate of drug-likeness (QED) is 0.836. The Morgan fingerprint density at radius 1 is 1.15 bits per heavy atom. The van der Waals surface area contributed by atoms with Crippen LogP contribution in [0.5, 0.6) is 0 Å². The summed E-state index contributed by atoms with van der Waals surface area (Å²) in [5.41, 5.74) is 0.314. The van der Waals surface area contributed by atoms with Crippen LogP contribution in [0, 0.1) is 5.41 Å². The largest absolute Gasteiger partial charge is 0.444 e. The maximum atomic E-state index is 13.2. The molecular formula is C19H23N3O4. The minimum Gasteiger partial charge on any atom is -0.444 e. The van der Waals surface area contributed by atoms with Gasteiger partial charge in [0.2, 0.25) is 0 Å². The van der Waals surface area contributed by atoms with Crippen LogP contribution in [0.15, 0.2) is 24.3 Å². The van der Waals surface area contributed by atoms with Gasteiger partial charge in [-0.25, -0.2) is 14.8 Å². The molecule has 4 rings (SSSR count). The van der Waals surface area contributed by atoms with E-state index >= 15 is 0 Å². The van der Waals surface area contributed by atoms with E-state index in [2.05, 4.69) is 5.32 Å². The Bertz CT molecular complexity index is 794. The summed E-state index contributed by atoms with van der Waals surface area (Å²) in [6.45, 7) is 6.37. The molecule has 3 amide bonds. The van der Waals surface area contributed by atoms with Crippen molar-refractivity contribution < 1.29 is 19.1 Å². The van der Waals surface area contributed by atoms with Gasteiger partial charge in [-0.15, -0.1) is 0 Å². The SMILES string of the molecule is CC(C)(C)OC(=O)N[C@H]1C(=O)N2CC3(CC3)CN2C(=O)c2ccccc21. The normalized spacial score (nSPS) is 23.4. The number of carbonyl (C=O) groups is 3. The number of hydrazine groups is 1. The van der Waals surface area contributed by atoms with Gasteiger partial charge in [-0.1, -0.05) is 18.2 Å². The van der Waals surface area contributed by atoms with Crippen molar-refractivity contribution in [1.29, 1.82) is 0 Å². The van der Waals surface area contributed by atoms with E-state index < -0.39 is 17.7 Å². The van der Waals surface area contributed by atoms with Crippen molar-refractivity contribution in [2.75, 3.05) is 13.1 Å². The Morgan fingerprint density at radius 3 is 2.46 bits per heavy atom. The van der Waals surface area contributed by atoms with Gasteiger partial charge in [-0.3, -0.25) is 9.59 Å². The molecule has 0 unspecified atom stereocenters. The predicted octanol–water partition coefficient (Wildman–Crippen LogP) is 2.25. The smallest absolute Gasteiger partial charge is 0.408 e.